The lowest BCUT2D eigenvalue weighted by atomic mass is 10.1. The Hall–Kier alpha value is -2.13. The van der Waals surface area contributed by atoms with E-state index in [2.05, 4.69) is 40.7 Å². The summed E-state index contributed by atoms with van der Waals surface area (Å²) in [6.07, 6.45) is 1.96. The molecule has 1 aromatic heterocycles. The molecular weight excluding hydrogens is 252 g/mol. The molecule has 19 heavy (non-hydrogen) atoms. The summed E-state index contributed by atoms with van der Waals surface area (Å²) in [6.45, 7) is 2.10. The normalized spacial score (nSPS) is 10.6. The molecule has 0 amide bonds. The zero-order chi connectivity index (χ0) is 13.2. The van der Waals surface area contributed by atoms with Crippen molar-refractivity contribution < 1.29 is 0 Å². The Balaban J connectivity index is 2.26. The van der Waals surface area contributed by atoms with Gasteiger partial charge in [-0.25, -0.2) is 0 Å². The predicted octanol–water partition coefficient (Wildman–Crippen LogP) is 4.51. The second kappa shape index (κ2) is 4.86. The lowest BCUT2D eigenvalue weighted by Gasteiger charge is -2.11. The van der Waals surface area contributed by atoms with Gasteiger partial charge in [0.25, 0.3) is 0 Å². The van der Waals surface area contributed by atoms with Crippen molar-refractivity contribution in [1.29, 1.82) is 0 Å². The Labute approximate surface area is 117 Å². The first kappa shape index (κ1) is 11.9. The highest BCUT2D eigenvalue weighted by Crippen LogP contribution is 2.24. The number of imidazole rings is 1. The van der Waals surface area contributed by atoms with Crippen LogP contribution in [0.5, 0.6) is 0 Å². The largest absolute Gasteiger partial charge is 0.336 e. The number of H-pyrrole nitrogens is 1. The number of benzene rings is 2. The number of nitrogens with zero attached hydrogens (tertiary/aromatic N) is 1. The third-order valence-electron chi connectivity index (χ3n) is 3.20. The van der Waals surface area contributed by atoms with Gasteiger partial charge in [-0.2, -0.15) is 0 Å². The maximum Gasteiger partial charge on any atom is 0.182 e. The maximum absolute atomic E-state index is 5.42. The van der Waals surface area contributed by atoms with Crippen molar-refractivity contribution in [1.82, 2.24) is 9.55 Å². The van der Waals surface area contributed by atoms with E-state index in [1.807, 2.05) is 36.5 Å². The summed E-state index contributed by atoms with van der Waals surface area (Å²) >= 11 is 5.42. The molecule has 2 aromatic carbocycles. The summed E-state index contributed by atoms with van der Waals surface area (Å²) in [7, 11) is 0. The number of hydrogen-bond acceptors (Lipinski definition) is 1. The summed E-state index contributed by atoms with van der Waals surface area (Å²) in [6, 6.07) is 18.5. The SMILES string of the molecule is Cc1ccccc1-n1c(-c2ccccc2)c[nH]c1=S. The van der Waals surface area contributed by atoms with Gasteiger partial charge >= 0.3 is 0 Å². The van der Waals surface area contributed by atoms with Crippen molar-refractivity contribution in [2.24, 2.45) is 0 Å². The number of aromatic amines is 1. The highest BCUT2D eigenvalue weighted by Gasteiger charge is 2.09. The zero-order valence-electron chi connectivity index (χ0n) is 10.6. The van der Waals surface area contributed by atoms with Gasteiger partial charge in [-0.3, -0.25) is 4.57 Å². The third-order valence-corrected chi connectivity index (χ3v) is 3.50. The quantitative estimate of drug-likeness (QED) is 0.677. The second-order valence-electron chi connectivity index (χ2n) is 4.47. The van der Waals surface area contributed by atoms with Gasteiger partial charge in [0.2, 0.25) is 0 Å². The molecule has 1 N–H and O–H groups in total. The lowest BCUT2D eigenvalue weighted by molar-refractivity contribution is 1.02. The Morgan fingerprint density at radius 1 is 0.947 bits per heavy atom. The first-order chi connectivity index (χ1) is 9.27. The van der Waals surface area contributed by atoms with Crippen molar-refractivity contribution in [3.63, 3.8) is 0 Å². The molecule has 0 radical (unpaired) electrons. The van der Waals surface area contributed by atoms with Crippen LogP contribution in [0.15, 0.2) is 60.8 Å². The molecule has 0 bridgehead atoms. The van der Waals surface area contributed by atoms with Gasteiger partial charge in [0.05, 0.1) is 11.4 Å². The van der Waals surface area contributed by atoms with Gasteiger partial charge < -0.3 is 4.98 Å². The molecule has 0 saturated heterocycles. The van der Waals surface area contributed by atoms with Crippen LogP contribution < -0.4 is 0 Å². The van der Waals surface area contributed by atoms with Gasteiger partial charge in [0.15, 0.2) is 4.77 Å². The zero-order valence-corrected chi connectivity index (χ0v) is 11.4. The van der Waals surface area contributed by atoms with Crippen LogP contribution in [0.3, 0.4) is 0 Å². The van der Waals surface area contributed by atoms with Gasteiger partial charge in [-0.1, -0.05) is 48.5 Å². The van der Waals surface area contributed by atoms with Crippen LogP contribution in [0.4, 0.5) is 0 Å². The van der Waals surface area contributed by atoms with Crippen LogP contribution in [-0.2, 0) is 0 Å². The first-order valence-corrected chi connectivity index (χ1v) is 6.60. The van der Waals surface area contributed by atoms with E-state index in [1.165, 1.54) is 5.56 Å². The Morgan fingerprint density at radius 2 is 1.63 bits per heavy atom. The Kier molecular flexibility index (Phi) is 3.05. The fourth-order valence-corrected chi connectivity index (χ4v) is 2.50. The number of rotatable bonds is 2. The van der Waals surface area contributed by atoms with Crippen LogP contribution in [-0.4, -0.2) is 9.55 Å². The number of aromatic nitrogens is 2. The third kappa shape index (κ3) is 2.13. The monoisotopic (exact) mass is 266 g/mol. The Morgan fingerprint density at radius 3 is 2.37 bits per heavy atom. The van der Waals surface area contributed by atoms with Crippen molar-refractivity contribution >= 4 is 12.2 Å². The van der Waals surface area contributed by atoms with Crippen molar-refractivity contribution in [2.45, 2.75) is 6.92 Å². The van der Waals surface area contributed by atoms with Crippen LogP contribution >= 0.6 is 12.2 Å². The highest BCUT2D eigenvalue weighted by atomic mass is 32.1. The van der Waals surface area contributed by atoms with Crippen LogP contribution in [0.2, 0.25) is 0 Å². The minimum atomic E-state index is 0.716. The van der Waals surface area contributed by atoms with Crippen molar-refractivity contribution in [3.05, 3.63) is 71.1 Å². The number of hydrogen-bond donors (Lipinski definition) is 1. The maximum atomic E-state index is 5.42. The lowest BCUT2D eigenvalue weighted by Crippen LogP contribution is -1.99. The summed E-state index contributed by atoms with van der Waals surface area (Å²) in [5, 5.41) is 0. The molecule has 0 unspecified atom stereocenters. The van der Waals surface area contributed by atoms with E-state index in [9.17, 15) is 0 Å². The molecule has 0 aliphatic rings. The van der Waals surface area contributed by atoms with E-state index in [4.69, 9.17) is 12.2 Å². The van der Waals surface area contributed by atoms with E-state index in [1.54, 1.807) is 0 Å². The van der Waals surface area contributed by atoms with Gasteiger partial charge in [0, 0.05) is 11.8 Å². The molecule has 94 valence electrons. The van der Waals surface area contributed by atoms with Gasteiger partial charge in [-0.15, -0.1) is 0 Å². The molecule has 0 atom stereocenters. The van der Waals surface area contributed by atoms with E-state index in [-0.39, 0.29) is 0 Å². The van der Waals surface area contributed by atoms with Gasteiger partial charge in [-0.05, 0) is 30.8 Å². The van der Waals surface area contributed by atoms with Crippen LogP contribution in [0, 0.1) is 11.7 Å². The predicted molar refractivity (Wildman–Crippen MR) is 81.1 cm³/mol. The fourth-order valence-electron chi connectivity index (χ4n) is 2.24. The molecule has 0 fully saturated rings. The molecule has 0 spiro atoms. The number of nitrogens with one attached hydrogen (secondary N) is 1. The van der Waals surface area contributed by atoms with E-state index < -0.39 is 0 Å². The van der Waals surface area contributed by atoms with Crippen LogP contribution in [0.25, 0.3) is 16.9 Å². The first-order valence-electron chi connectivity index (χ1n) is 6.19. The number of para-hydroxylation sites is 1. The molecule has 3 rings (SSSR count). The minimum Gasteiger partial charge on any atom is -0.336 e. The van der Waals surface area contributed by atoms with Crippen molar-refractivity contribution in [2.75, 3.05) is 0 Å². The van der Waals surface area contributed by atoms with E-state index in [0.29, 0.717) is 4.77 Å². The Bertz CT molecular complexity index is 754. The number of aryl methyl sites for hydroxylation is 1. The molecular formula is C16H14N2S. The van der Waals surface area contributed by atoms with Gasteiger partial charge in [0.1, 0.15) is 0 Å². The average molecular weight is 266 g/mol. The van der Waals surface area contributed by atoms with E-state index >= 15 is 0 Å². The summed E-state index contributed by atoms with van der Waals surface area (Å²) in [4.78, 5) is 3.14. The molecule has 1 heterocycles. The molecule has 0 aliphatic carbocycles. The standard InChI is InChI=1S/C16H14N2S/c1-12-7-5-6-10-14(12)18-15(11-17-16(18)19)13-8-3-2-4-9-13/h2-11H,1H3,(H,17,19). The molecule has 2 nitrogen and oxygen atoms in total. The van der Waals surface area contributed by atoms with E-state index in [0.717, 1.165) is 16.9 Å². The molecule has 3 heteroatoms. The fraction of sp³-hybridized carbons (Fsp3) is 0.0625. The highest BCUT2D eigenvalue weighted by molar-refractivity contribution is 7.71. The summed E-state index contributed by atoms with van der Waals surface area (Å²) in [5.41, 5.74) is 4.56. The second-order valence-corrected chi connectivity index (χ2v) is 4.85. The topological polar surface area (TPSA) is 20.7 Å². The smallest absolute Gasteiger partial charge is 0.182 e. The molecule has 3 aromatic rings. The molecule has 0 saturated carbocycles. The average Bonchev–Trinajstić information content (AvgIpc) is 2.82. The molecule has 0 aliphatic heterocycles. The summed E-state index contributed by atoms with van der Waals surface area (Å²) < 4.78 is 2.80. The minimum absolute atomic E-state index is 0.716. The van der Waals surface area contributed by atoms with Crippen LogP contribution in [0.1, 0.15) is 5.56 Å². The summed E-state index contributed by atoms with van der Waals surface area (Å²) in [5.74, 6) is 0. The van der Waals surface area contributed by atoms with Crippen molar-refractivity contribution in [3.8, 4) is 16.9 Å².